The zero-order valence-corrected chi connectivity index (χ0v) is 13.2. The first-order valence-corrected chi connectivity index (χ1v) is 8.18. The Hall–Kier alpha value is -2.39. The van der Waals surface area contributed by atoms with Crippen molar-refractivity contribution in [2.45, 2.75) is 13.5 Å². The van der Waals surface area contributed by atoms with Crippen molar-refractivity contribution in [2.24, 2.45) is 0 Å². The van der Waals surface area contributed by atoms with Gasteiger partial charge in [0, 0.05) is 6.54 Å². The van der Waals surface area contributed by atoms with Gasteiger partial charge in [-0.2, -0.15) is 0 Å². The lowest BCUT2D eigenvalue weighted by atomic mass is 10.1. The summed E-state index contributed by atoms with van der Waals surface area (Å²) in [7, 11) is 0. The Bertz CT molecular complexity index is 956. The molecule has 3 heteroatoms. The minimum Gasteiger partial charge on any atom is -0.357 e. The molecule has 0 bridgehead atoms. The van der Waals surface area contributed by atoms with Crippen LogP contribution in [0.3, 0.4) is 0 Å². The first kappa shape index (κ1) is 13.3. The fourth-order valence-corrected chi connectivity index (χ4v) is 3.59. The molecular weight excluding hydrogens is 288 g/mol. The largest absolute Gasteiger partial charge is 0.357 e. The Morgan fingerprint density at radius 2 is 1.82 bits per heavy atom. The van der Waals surface area contributed by atoms with Crippen molar-refractivity contribution in [3.05, 3.63) is 71.8 Å². The number of nitrogens with zero attached hydrogens (tertiary/aromatic N) is 1. The number of hydrogen-bond acceptors (Lipinski definition) is 3. The summed E-state index contributed by atoms with van der Waals surface area (Å²) in [4.78, 5) is 4.64. The summed E-state index contributed by atoms with van der Waals surface area (Å²) in [5, 5.41) is 6.98. The van der Waals surface area contributed by atoms with Crippen molar-refractivity contribution in [3.63, 3.8) is 0 Å². The van der Waals surface area contributed by atoms with Crippen molar-refractivity contribution >= 4 is 37.5 Å². The van der Waals surface area contributed by atoms with Gasteiger partial charge in [0.15, 0.2) is 5.13 Å². The Balaban J connectivity index is 1.56. The van der Waals surface area contributed by atoms with Gasteiger partial charge in [-0.1, -0.05) is 53.8 Å². The second kappa shape index (κ2) is 5.43. The second-order valence-corrected chi connectivity index (χ2v) is 6.56. The molecule has 1 heterocycles. The van der Waals surface area contributed by atoms with Crippen LogP contribution in [0.15, 0.2) is 60.7 Å². The summed E-state index contributed by atoms with van der Waals surface area (Å²) < 4.78 is 1.24. The number of thiazole rings is 1. The van der Waals surface area contributed by atoms with Crippen LogP contribution in [0.1, 0.15) is 11.1 Å². The minimum atomic E-state index is 0.795. The molecule has 0 aliphatic carbocycles. The van der Waals surface area contributed by atoms with Gasteiger partial charge >= 0.3 is 0 Å². The van der Waals surface area contributed by atoms with Crippen molar-refractivity contribution in [1.29, 1.82) is 0 Å². The summed E-state index contributed by atoms with van der Waals surface area (Å²) in [6.45, 7) is 2.91. The highest BCUT2D eigenvalue weighted by molar-refractivity contribution is 7.22. The molecule has 4 aromatic rings. The summed E-state index contributed by atoms with van der Waals surface area (Å²) in [5.74, 6) is 0. The summed E-state index contributed by atoms with van der Waals surface area (Å²) in [5.41, 5.74) is 3.61. The predicted octanol–water partition coefficient (Wildman–Crippen LogP) is 5.37. The van der Waals surface area contributed by atoms with Crippen LogP contribution in [-0.4, -0.2) is 4.98 Å². The molecule has 0 atom stereocenters. The summed E-state index contributed by atoms with van der Waals surface area (Å²) in [6.07, 6.45) is 0. The molecule has 0 aliphatic rings. The van der Waals surface area contributed by atoms with Crippen molar-refractivity contribution < 1.29 is 0 Å². The molecule has 1 aromatic heterocycles. The average Bonchev–Trinajstić information content (AvgIpc) is 2.94. The molecular formula is C19H16N2S. The van der Waals surface area contributed by atoms with E-state index in [1.807, 2.05) is 0 Å². The highest BCUT2D eigenvalue weighted by atomic mass is 32.1. The van der Waals surface area contributed by atoms with Gasteiger partial charge in [-0.25, -0.2) is 4.98 Å². The van der Waals surface area contributed by atoms with Crippen LogP contribution in [0.25, 0.3) is 21.0 Å². The predicted molar refractivity (Wildman–Crippen MR) is 95.6 cm³/mol. The van der Waals surface area contributed by atoms with E-state index in [1.54, 1.807) is 11.3 Å². The molecule has 0 saturated heterocycles. The van der Waals surface area contributed by atoms with Crippen molar-refractivity contribution in [1.82, 2.24) is 4.98 Å². The van der Waals surface area contributed by atoms with E-state index in [2.05, 4.69) is 77.9 Å². The molecule has 22 heavy (non-hydrogen) atoms. The number of nitrogens with one attached hydrogen (secondary N) is 1. The van der Waals surface area contributed by atoms with Gasteiger partial charge in [0.05, 0.1) is 10.2 Å². The smallest absolute Gasteiger partial charge is 0.184 e. The third kappa shape index (κ3) is 2.55. The minimum absolute atomic E-state index is 0.795. The third-order valence-corrected chi connectivity index (χ3v) is 4.78. The first-order valence-electron chi connectivity index (χ1n) is 7.37. The number of hydrogen-bond donors (Lipinski definition) is 1. The van der Waals surface area contributed by atoms with Gasteiger partial charge in [0.25, 0.3) is 0 Å². The van der Waals surface area contributed by atoms with Crippen LogP contribution in [0.2, 0.25) is 0 Å². The standard InChI is InChI=1S/C19H16N2S/c1-13-6-9-17-18(10-13)22-19(21-17)20-12-14-7-8-15-4-2-3-5-16(15)11-14/h2-11H,12H2,1H3,(H,20,21). The maximum absolute atomic E-state index is 4.64. The molecule has 0 aliphatic heterocycles. The number of aryl methyl sites for hydroxylation is 1. The third-order valence-electron chi connectivity index (χ3n) is 3.80. The van der Waals surface area contributed by atoms with E-state index >= 15 is 0 Å². The molecule has 0 fully saturated rings. The lowest BCUT2D eigenvalue weighted by Gasteiger charge is -2.04. The van der Waals surface area contributed by atoms with E-state index in [4.69, 9.17) is 0 Å². The topological polar surface area (TPSA) is 24.9 Å². The van der Waals surface area contributed by atoms with Gasteiger partial charge in [0.2, 0.25) is 0 Å². The molecule has 0 unspecified atom stereocenters. The van der Waals surface area contributed by atoms with E-state index in [0.29, 0.717) is 0 Å². The van der Waals surface area contributed by atoms with E-state index in [1.165, 1.54) is 26.6 Å². The Labute approximate surface area is 133 Å². The number of rotatable bonds is 3. The molecule has 0 saturated carbocycles. The Morgan fingerprint density at radius 1 is 0.955 bits per heavy atom. The molecule has 3 aromatic carbocycles. The van der Waals surface area contributed by atoms with Crippen LogP contribution in [0.4, 0.5) is 5.13 Å². The molecule has 0 spiro atoms. The van der Waals surface area contributed by atoms with E-state index < -0.39 is 0 Å². The van der Waals surface area contributed by atoms with Crippen LogP contribution in [0.5, 0.6) is 0 Å². The fourth-order valence-electron chi connectivity index (χ4n) is 2.63. The summed E-state index contributed by atoms with van der Waals surface area (Å²) >= 11 is 1.71. The van der Waals surface area contributed by atoms with Crippen LogP contribution in [0, 0.1) is 6.92 Å². The lowest BCUT2D eigenvalue weighted by Crippen LogP contribution is -1.98. The Morgan fingerprint density at radius 3 is 2.73 bits per heavy atom. The normalized spacial score (nSPS) is 11.1. The zero-order valence-electron chi connectivity index (χ0n) is 12.3. The van der Waals surface area contributed by atoms with Gasteiger partial charge in [0.1, 0.15) is 0 Å². The van der Waals surface area contributed by atoms with Crippen LogP contribution >= 0.6 is 11.3 Å². The quantitative estimate of drug-likeness (QED) is 0.550. The molecule has 108 valence electrons. The van der Waals surface area contributed by atoms with Gasteiger partial charge in [-0.3, -0.25) is 0 Å². The number of anilines is 1. The van der Waals surface area contributed by atoms with Crippen molar-refractivity contribution in [3.8, 4) is 0 Å². The monoisotopic (exact) mass is 304 g/mol. The van der Waals surface area contributed by atoms with Gasteiger partial charge in [-0.05, 0) is 47.0 Å². The highest BCUT2D eigenvalue weighted by Crippen LogP contribution is 2.27. The first-order chi connectivity index (χ1) is 10.8. The van der Waals surface area contributed by atoms with E-state index in [-0.39, 0.29) is 0 Å². The molecule has 4 rings (SSSR count). The maximum Gasteiger partial charge on any atom is 0.184 e. The van der Waals surface area contributed by atoms with E-state index in [9.17, 15) is 0 Å². The van der Waals surface area contributed by atoms with E-state index in [0.717, 1.165) is 17.2 Å². The summed E-state index contributed by atoms with van der Waals surface area (Å²) in [6, 6.07) is 21.4. The highest BCUT2D eigenvalue weighted by Gasteiger charge is 2.04. The van der Waals surface area contributed by atoms with Crippen LogP contribution < -0.4 is 5.32 Å². The average molecular weight is 304 g/mol. The van der Waals surface area contributed by atoms with Gasteiger partial charge < -0.3 is 5.32 Å². The molecule has 1 N–H and O–H groups in total. The second-order valence-electron chi connectivity index (χ2n) is 5.53. The molecule has 2 nitrogen and oxygen atoms in total. The van der Waals surface area contributed by atoms with Gasteiger partial charge in [-0.15, -0.1) is 0 Å². The molecule has 0 amide bonds. The lowest BCUT2D eigenvalue weighted by molar-refractivity contribution is 1.14. The SMILES string of the molecule is Cc1ccc2nc(NCc3ccc4ccccc4c3)sc2c1. The maximum atomic E-state index is 4.64. The zero-order chi connectivity index (χ0) is 14.9. The number of fused-ring (bicyclic) bond motifs is 2. The molecule has 0 radical (unpaired) electrons. The number of aromatic nitrogens is 1. The van der Waals surface area contributed by atoms with Crippen LogP contribution in [-0.2, 0) is 6.54 Å². The Kier molecular flexibility index (Phi) is 3.28. The van der Waals surface area contributed by atoms with Crippen molar-refractivity contribution in [2.75, 3.05) is 5.32 Å². The fraction of sp³-hybridized carbons (Fsp3) is 0.105. The number of benzene rings is 3.